The van der Waals surface area contributed by atoms with Crippen LogP contribution in [-0.4, -0.2) is 41.7 Å². The van der Waals surface area contributed by atoms with Gasteiger partial charge in [0.25, 0.3) is 5.91 Å². The van der Waals surface area contributed by atoms with Crippen LogP contribution in [0.15, 0.2) is 24.3 Å². The smallest absolute Gasteiger partial charge is 0.326 e. The standard InChI is InChI=1S/C19H22N2O5/c1-12-6-8-13(9-7-12)20-16(22)11-26-17(23)10-21-18(24)14-4-2-3-5-15(14)19(21)25/h6-9,14-15H,2-5,10-11H2,1H3,(H,20,22)/t14-,15+. The number of imide groups is 1. The second-order valence-corrected chi connectivity index (χ2v) is 6.83. The van der Waals surface area contributed by atoms with Crippen LogP contribution in [0.3, 0.4) is 0 Å². The van der Waals surface area contributed by atoms with Gasteiger partial charge in [-0.3, -0.25) is 24.1 Å². The fraction of sp³-hybridized carbons (Fsp3) is 0.474. The van der Waals surface area contributed by atoms with Gasteiger partial charge in [-0.1, -0.05) is 30.5 Å². The lowest BCUT2D eigenvalue weighted by atomic mass is 9.81. The molecule has 1 aromatic carbocycles. The highest BCUT2D eigenvalue weighted by Gasteiger charge is 2.48. The van der Waals surface area contributed by atoms with Gasteiger partial charge in [0.2, 0.25) is 11.8 Å². The molecule has 1 saturated heterocycles. The van der Waals surface area contributed by atoms with Gasteiger partial charge >= 0.3 is 5.97 Å². The summed E-state index contributed by atoms with van der Waals surface area (Å²) < 4.78 is 4.91. The zero-order valence-corrected chi connectivity index (χ0v) is 14.7. The van der Waals surface area contributed by atoms with Crippen LogP contribution < -0.4 is 5.32 Å². The third kappa shape index (κ3) is 3.92. The van der Waals surface area contributed by atoms with E-state index in [0.717, 1.165) is 23.3 Å². The number of amides is 3. The number of hydrogen-bond acceptors (Lipinski definition) is 5. The first-order valence-electron chi connectivity index (χ1n) is 8.83. The summed E-state index contributed by atoms with van der Waals surface area (Å²) in [5.74, 6) is -2.41. The fourth-order valence-corrected chi connectivity index (χ4v) is 3.54. The highest BCUT2D eigenvalue weighted by atomic mass is 16.5. The summed E-state index contributed by atoms with van der Waals surface area (Å²) in [6.07, 6.45) is 3.24. The lowest BCUT2D eigenvalue weighted by molar-refractivity contribution is -0.154. The molecule has 26 heavy (non-hydrogen) atoms. The molecule has 3 rings (SSSR count). The van der Waals surface area contributed by atoms with Crippen molar-refractivity contribution in [3.63, 3.8) is 0 Å². The lowest BCUT2D eigenvalue weighted by Gasteiger charge is -2.19. The highest BCUT2D eigenvalue weighted by molar-refractivity contribution is 6.07. The number of carbonyl (C=O) groups excluding carboxylic acids is 4. The minimum atomic E-state index is -0.760. The average Bonchev–Trinajstić information content (AvgIpc) is 2.87. The number of likely N-dealkylation sites (tertiary alicyclic amines) is 1. The first kappa shape index (κ1) is 18.1. The van der Waals surface area contributed by atoms with Gasteiger partial charge in [-0.15, -0.1) is 0 Å². The molecular weight excluding hydrogens is 336 g/mol. The van der Waals surface area contributed by atoms with Crippen molar-refractivity contribution in [2.45, 2.75) is 32.6 Å². The van der Waals surface area contributed by atoms with E-state index in [4.69, 9.17) is 4.74 Å². The number of esters is 1. The molecule has 0 radical (unpaired) electrons. The molecule has 7 nitrogen and oxygen atoms in total. The summed E-state index contributed by atoms with van der Waals surface area (Å²) in [5, 5.41) is 2.61. The van der Waals surface area contributed by atoms with Crippen LogP contribution in [0.25, 0.3) is 0 Å². The van der Waals surface area contributed by atoms with Gasteiger partial charge in [-0.05, 0) is 31.9 Å². The molecule has 7 heteroatoms. The molecular formula is C19H22N2O5. The van der Waals surface area contributed by atoms with Crippen LogP contribution in [-0.2, 0) is 23.9 Å². The Balaban J connectivity index is 1.48. The van der Waals surface area contributed by atoms with Crippen LogP contribution in [0.5, 0.6) is 0 Å². The predicted octanol–water partition coefficient (Wildman–Crippen LogP) is 1.65. The van der Waals surface area contributed by atoms with E-state index in [-0.39, 0.29) is 23.7 Å². The Bertz CT molecular complexity index is 704. The fourth-order valence-electron chi connectivity index (χ4n) is 3.54. The van der Waals surface area contributed by atoms with Gasteiger partial charge in [0.05, 0.1) is 11.8 Å². The number of benzene rings is 1. The highest BCUT2D eigenvalue weighted by Crippen LogP contribution is 2.37. The molecule has 2 atom stereocenters. The molecule has 138 valence electrons. The summed E-state index contributed by atoms with van der Waals surface area (Å²) >= 11 is 0. The SMILES string of the molecule is Cc1ccc(NC(=O)COC(=O)CN2C(=O)[C@H]3CCCC[C@H]3C2=O)cc1. The molecule has 2 fully saturated rings. The van der Waals surface area contributed by atoms with E-state index < -0.39 is 25.0 Å². The number of nitrogens with one attached hydrogen (secondary N) is 1. The van der Waals surface area contributed by atoms with E-state index in [1.54, 1.807) is 12.1 Å². The molecule has 1 aliphatic carbocycles. The number of anilines is 1. The quantitative estimate of drug-likeness (QED) is 0.638. The largest absolute Gasteiger partial charge is 0.454 e. The minimum absolute atomic E-state index is 0.291. The first-order valence-corrected chi connectivity index (χ1v) is 8.83. The number of ether oxygens (including phenoxy) is 1. The Morgan fingerprint density at radius 1 is 1.08 bits per heavy atom. The number of aryl methyl sites for hydroxylation is 1. The molecule has 1 saturated carbocycles. The third-order valence-electron chi connectivity index (χ3n) is 4.92. The normalized spacial score (nSPS) is 22.1. The summed E-state index contributed by atoms with van der Waals surface area (Å²) in [6.45, 7) is 1.04. The topological polar surface area (TPSA) is 92.8 Å². The van der Waals surface area contributed by atoms with E-state index in [1.807, 2.05) is 19.1 Å². The Labute approximate surface area is 151 Å². The maximum absolute atomic E-state index is 12.3. The summed E-state index contributed by atoms with van der Waals surface area (Å²) in [4.78, 5) is 49.4. The number of hydrogen-bond donors (Lipinski definition) is 1. The zero-order valence-electron chi connectivity index (χ0n) is 14.7. The van der Waals surface area contributed by atoms with Gasteiger partial charge in [0.15, 0.2) is 6.61 Å². The number of nitrogens with zero attached hydrogens (tertiary/aromatic N) is 1. The summed E-state index contributed by atoms with van der Waals surface area (Å²) in [7, 11) is 0. The summed E-state index contributed by atoms with van der Waals surface area (Å²) in [6, 6.07) is 7.20. The number of fused-ring (bicyclic) bond motifs is 1. The molecule has 1 aliphatic heterocycles. The third-order valence-corrected chi connectivity index (χ3v) is 4.92. The maximum Gasteiger partial charge on any atom is 0.326 e. The molecule has 1 heterocycles. The van der Waals surface area contributed by atoms with Crippen molar-refractivity contribution < 1.29 is 23.9 Å². The molecule has 0 bridgehead atoms. The van der Waals surface area contributed by atoms with Crippen molar-refractivity contribution in [2.24, 2.45) is 11.8 Å². The van der Waals surface area contributed by atoms with Crippen molar-refractivity contribution in [3.05, 3.63) is 29.8 Å². The monoisotopic (exact) mass is 358 g/mol. The molecule has 1 N–H and O–H groups in total. The van der Waals surface area contributed by atoms with Crippen molar-refractivity contribution in [1.82, 2.24) is 4.90 Å². The van der Waals surface area contributed by atoms with Crippen LogP contribution in [0.2, 0.25) is 0 Å². The van der Waals surface area contributed by atoms with E-state index in [9.17, 15) is 19.2 Å². The van der Waals surface area contributed by atoms with Crippen LogP contribution >= 0.6 is 0 Å². The maximum atomic E-state index is 12.3. The Morgan fingerprint density at radius 3 is 2.23 bits per heavy atom. The van der Waals surface area contributed by atoms with Crippen LogP contribution in [0, 0.1) is 18.8 Å². The van der Waals surface area contributed by atoms with E-state index >= 15 is 0 Å². The second kappa shape index (κ2) is 7.68. The Kier molecular flexibility index (Phi) is 5.35. The van der Waals surface area contributed by atoms with Crippen LogP contribution in [0.1, 0.15) is 31.2 Å². The minimum Gasteiger partial charge on any atom is -0.454 e. The molecule has 0 unspecified atom stereocenters. The molecule has 1 aromatic rings. The van der Waals surface area contributed by atoms with Crippen molar-refractivity contribution >= 4 is 29.4 Å². The van der Waals surface area contributed by atoms with Gasteiger partial charge in [0, 0.05) is 5.69 Å². The summed E-state index contributed by atoms with van der Waals surface area (Å²) in [5.41, 5.74) is 1.67. The molecule has 0 spiro atoms. The van der Waals surface area contributed by atoms with Gasteiger partial charge in [0.1, 0.15) is 6.54 Å². The van der Waals surface area contributed by atoms with E-state index in [2.05, 4.69) is 5.32 Å². The zero-order chi connectivity index (χ0) is 18.7. The first-order chi connectivity index (χ1) is 12.5. The number of carbonyl (C=O) groups is 4. The predicted molar refractivity (Wildman–Crippen MR) is 92.9 cm³/mol. The van der Waals surface area contributed by atoms with Crippen molar-refractivity contribution in [1.29, 1.82) is 0 Å². The Morgan fingerprint density at radius 2 is 1.65 bits per heavy atom. The second-order valence-electron chi connectivity index (χ2n) is 6.83. The van der Waals surface area contributed by atoms with Crippen LogP contribution in [0.4, 0.5) is 5.69 Å². The Hall–Kier alpha value is -2.70. The molecule has 2 aliphatic rings. The van der Waals surface area contributed by atoms with Gasteiger partial charge in [-0.2, -0.15) is 0 Å². The number of rotatable bonds is 5. The molecule has 0 aromatic heterocycles. The van der Waals surface area contributed by atoms with Crippen molar-refractivity contribution in [2.75, 3.05) is 18.5 Å². The average molecular weight is 358 g/mol. The van der Waals surface area contributed by atoms with E-state index in [1.165, 1.54) is 0 Å². The lowest BCUT2D eigenvalue weighted by Crippen LogP contribution is -2.37. The van der Waals surface area contributed by atoms with E-state index in [0.29, 0.717) is 18.5 Å². The molecule has 3 amide bonds. The van der Waals surface area contributed by atoms with Gasteiger partial charge in [-0.25, -0.2) is 0 Å². The van der Waals surface area contributed by atoms with Crippen molar-refractivity contribution in [3.8, 4) is 0 Å². The van der Waals surface area contributed by atoms with Gasteiger partial charge < -0.3 is 10.1 Å².